The smallest absolute Gasteiger partial charge is 0.270 e. The van der Waals surface area contributed by atoms with Crippen LogP contribution in [0.2, 0.25) is 0 Å². The third-order valence-electron chi connectivity index (χ3n) is 5.03. The highest BCUT2D eigenvalue weighted by Crippen LogP contribution is 2.29. The number of nitro benzene ring substituents is 1. The number of amides is 1. The summed E-state index contributed by atoms with van der Waals surface area (Å²) in [6.07, 6.45) is 2.18. The summed E-state index contributed by atoms with van der Waals surface area (Å²) in [7, 11) is 0. The molecule has 2 aromatic carbocycles. The third kappa shape index (κ3) is 5.06. The van der Waals surface area contributed by atoms with E-state index < -0.39 is 10.8 Å². The molecule has 1 N–H and O–H groups in total. The van der Waals surface area contributed by atoms with Crippen LogP contribution in [0.15, 0.2) is 60.2 Å². The molecule has 1 aliphatic heterocycles. The average Bonchev–Trinajstić information content (AvgIpc) is 3.19. The van der Waals surface area contributed by atoms with Gasteiger partial charge < -0.3 is 0 Å². The van der Waals surface area contributed by atoms with Gasteiger partial charge in [-0.1, -0.05) is 42.5 Å². The van der Waals surface area contributed by atoms with E-state index in [-0.39, 0.29) is 11.3 Å². The lowest BCUT2D eigenvalue weighted by Gasteiger charge is -2.25. The fraction of sp³-hybridized carbons (Fsp3) is 0.174. The molecule has 9 heteroatoms. The molecule has 0 aliphatic carbocycles. The summed E-state index contributed by atoms with van der Waals surface area (Å²) in [5.41, 5.74) is 2.33. The van der Waals surface area contributed by atoms with Crippen molar-refractivity contribution in [1.82, 2.24) is 9.88 Å². The van der Waals surface area contributed by atoms with Gasteiger partial charge in [-0.3, -0.25) is 25.1 Å². The first-order valence-electron chi connectivity index (χ1n) is 9.94. The number of benzene rings is 2. The second kappa shape index (κ2) is 9.51. The van der Waals surface area contributed by atoms with E-state index in [0.717, 1.165) is 30.1 Å². The molecule has 32 heavy (non-hydrogen) atoms. The van der Waals surface area contributed by atoms with E-state index in [1.165, 1.54) is 41.2 Å². The molecule has 0 fully saturated rings. The Labute approximate surface area is 188 Å². The topological polar surface area (TPSA) is 112 Å². The van der Waals surface area contributed by atoms with Crippen LogP contribution in [0.4, 0.5) is 10.8 Å². The number of nitro groups is 1. The number of thiazole rings is 1. The quantitative estimate of drug-likeness (QED) is 0.264. The Bertz CT molecular complexity index is 1230. The largest absolute Gasteiger partial charge is 0.297 e. The van der Waals surface area contributed by atoms with E-state index in [2.05, 4.69) is 27.3 Å². The molecule has 0 spiro atoms. The van der Waals surface area contributed by atoms with E-state index >= 15 is 0 Å². The Morgan fingerprint density at radius 2 is 2.09 bits per heavy atom. The molecule has 1 aromatic heterocycles. The van der Waals surface area contributed by atoms with Crippen LogP contribution in [0.5, 0.6) is 0 Å². The van der Waals surface area contributed by atoms with E-state index in [1.807, 2.05) is 24.3 Å². The van der Waals surface area contributed by atoms with Crippen molar-refractivity contribution in [3.8, 4) is 6.07 Å². The fourth-order valence-electron chi connectivity index (χ4n) is 3.49. The standard InChI is InChI=1S/C23H19N5O3S/c24-13-18(11-17-7-4-8-19(12-17)28(30)31)22(29)26-23-25-20-15-27(10-9-21(20)32-23)14-16-5-2-1-3-6-16/h1-8,11-12H,9-10,14-15H2,(H,25,26,29). The summed E-state index contributed by atoms with van der Waals surface area (Å²) in [5.74, 6) is -0.591. The highest BCUT2D eigenvalue weighted by Gasteiger charge is 2.22. The number of hydrogen-bond acceptors (Lipinski definition) is 7. The molecule has 2 heterocycles. The predicted molar refractivity (Wildman–Crippen MR) is 122 cm³/mol. The monoisotopic (exact) mass is 445 g/mol. The van der Waals surface area contributed by atoms with Crippen molar-refractivity contribution in [3.63, 3.8) is 0 Å². The van der Waals surface area contributed by atoms with Crippen LogP contribution in [-0.4, -0.2) is 27.3 Å². The number of rotatable bonds is 6. The molecular formula is C23H19N5O3S. The van der Waals surface area contributed by atoms with Crippen LogP contribution in [0.25, 0.3) is 6.08 Å². The van der Waals surface area contributed by atoms with E-state index in [0.29, 0.717) is 17.2 Å². The number of carbonyl (C=O) groups is 1. The van der Waals surface area contributed by atoms with Gasteiger partial charge in [-0.2, -0.15) is 5.26 Å². The van der Waals surface area contributed by atoms with Crippen LogP contribution in [0, 0.1) is 21.4 Å². The van der Waals surface area contributed by atoms with Gasteiger partial charge in [-0.25, -0.2) is 4.98 Å². The Morgan fingerprint density at radius 3 is 2.84 bits per heavy atom. The minimum Gasteiger partial charge on any atom is -0.297 e. The second-order valence-corrected chi connectivity index (χ2v) is 8.39. The Balaban J connectivity index is 1.44. The molecule has 0 saturated heterocycles. The van der Waals surface area contributed by atoms with E-state index in [9.17, 15) is 20.2 Å². The highest BCUT2D eigenvalue weighted by atomic mass is 32.1. The molecule has 4 rings (SSSR count). The maximum absolute atomic E-state index is 12.6. The van der Waals surface area contributed by atoms with Crippen molar-refractivity contribution in [2.75, 3.05) is 11.9 Å². The molecule has 160 valence electrons. The number of non-ortho nitro benzene ring substituents is 1. The number of aromatic nitrogens is 1. The van der Waals surface area contributed by atoms with Crippen LogP contribution >= 0.6 is 11.3 Å². The Morgan fingerprint density at radius 1 is 1.28 bits per heavy atom. The number of nitrogens with one attached hydrogen (secondary N) is 1. The molecule has 0 radical (unpaired) electrons. The number of carbonyl (C=O) groups excluding carboxylic acids is 1. The van der Waals surface area contributed by atoms with Gasteiger partial charge in [0, 0.05) is 36.6 Å². The summed E-state index contributed by atoms with van der Waals surface area (Å²) < 4.78 is 0. The van der Waals surface area contributed by atoms with Crippen molar-refractivity contribution in [3.05, 3.63) is 92.0 Å². The van der Waals surface area contributed by atoms with Gasteiger partial charge in [0.1, 0.15) is 11.6 Å². The van der Waals surface area contributed by atoms with Crippen molar-refractivity contribution in [1.29, 1.82) is 5.26 Å². The number of anilines is 1. The zero-order valence-electron chi connectivity index (χ0n) is 17.0. The maximum atomic E-state index is 12.6. The van der Waals surface area contributed by atoms with Crippen molar-refractivity contribution in [2.45, 2.75) is 19.5 Å². The molecule has 3 aromatic rings. The number of nitriles is 1. The van der Waals surface area contributed by atoms with Crippen molar-refractivity contribution in [2.24, 2.45) is 0 Å². The Hall–Kier alpha value is -3.87. The van der Waals surface area contributed by atoms with Gasteiger partial charge in [-0.15, -0.1) is 11.3 Å². The number of nitrogens with zero attached hydrogens (tertiary/aromatic N) is 4. The third-order valence-corrected chi connectivity index (χ3v) is 6.11. The zero-order chi connectivity index (χ0) is 22.5. The van der Waals surface area contributed by atoms with E-state index in [1.54, 1.807) is 6.07 Å². The first-order valence-corrected chi connectivity index (χ1v) is 10.8. The molecule has 1 amide bonds. The lowest BCUT2D eigenvalue weighted by atomic mass is 10.1. The lowest BCUT2D eigenvalue weighted by molar-refractivity contribution is -0.384. The second-order valence-electron chi connectivity index (χ2n) is 7.31. The van der Waals surface area contributed by atoms with E-state index in [4.69, 9.17) is 0 Å². The molecule has 1 aliphatic rings. The van der Waals surface area contributed by atoms with Crippen LogP contribution in [0.1, 0.15) is 21.7 Å². The molecule has 0 atom stereocenters. The number of fused-ring (bicyclic) bond motifs is 1. The SMILES string of the molecule is N#CC(=Cc1cccc([N+](=O)[O-])c1)C(=O)Nc1nc2c(s1)CCN(Cc1ccccc1)C2. The maximum Gasteiger partial charge on any atom is 0.270 e. The molecule has 0 bridgehead atoms. The predicted octanol–water partition coefficient (Wildman–Crippen LogP) is 4.16. The first-order chi connectivity index (χ1) is 15.5. The molecule has 0 saturated carbocycles. The van der Waals surface area contributed by atoms with Crippen molar-refractivity contribution >= 4 is 34.1 Å². The number of hydrogen-bond donors (Lipinski definition) is 1. The zero-order valence-corrected chi connectivity index (χ0v) is 17.8. The van der Waals surface area contributed by atoms with Gasteiger partial charge in [-0.05, 0) is 23.6 Å². The normalized spacial score (nSPS) is 13.8. The summed E-state index contributed by atoms with van der Waals surface area (Å²) in [4.78, 5) is 31.0. The van der Waals surface area contributed by atoms with Gasteiger partial charge in [0.05, 0.1) is 10.6 Å². The first kappa shape index (κ1) is 21.4. The lowest BCUT2D eigenvalue weighted by Crippen LogP contribution is -2.29. The van der Waals surface area contributed by atoms with Gasteiger partial charge >= 0.3 is 0 Å². The van der Waals surface area contributed by atoms with Crippen LogP contribution in [-0.2, 0) is 24.3 Å². The van der Waals surface area contributed by atoms with Gasteiger partial charge in [0.15, 0.2) is 5.13 Å². The molecule has 0 unspecified atom stereocenters. The fourth-order valence-corrected chi connectivity index (χ4v) is 4.44. The summed E-state index contributed by atoms with van der Waals surface area (Å²) in [5, 5.41) is 23.5. The van der Waals surface area contributed by atoms with Crippen molar-refractivity contribution < 1.29 is 9.72 Å². The highest BCUT2D eigenvalue weighted by molar-refractivity contribution is 7.15. The van der Waals surface area contributed by atoms with Crippen LogP contribution in [0.3, 0.4) is 0 Å². The average molecular weight is 446 g/mol. The van der Waals surface area contributed by atoms with Gasteiger partial charge in [0.25, 0.3) is 11.6 Å². The minimum absolute atomic E-state index is 0.107. The molecular weight excluding hydrogens is 426 g/mol. The summed E-state index contributed by atoms with van der Waals surface area (Å²) in [6.45, 7) is 2.45. The minimum atomic E-state index is -0.591. The summed E-state index contributed by atoms with van der Waals surface area (Å²) in [6, 6.07) is 17.9. The van der Waals surface area contributed by atoms with Gasteiger partial charge in [0.2, 0.25) is 0 Å². The Kier molecular flexibility index (Phi) is 6.35. The summed E-state index contributed by atoms with van der Waals surface area (Å²) >= 11 is 1.42. The molecule has 8 nitrogen and oxygen atoms in total. The van der Waals surface area contributed by atoms with Crippen LogP contribution < -0.4 is 5.32 Å².